The molecule has 20 heavy (non-hydrogen) atoms. The molecule has 1 N–H and O–H groups in total. The quantitative estimate of drug-likeness (QED) is 0.753. The van der Waals surface area contributed by atoms with Crippen LogP contribution in [0.3, 0.4) is 0 Å². The topological polar surface area (TPSA) is 98.2 Å². The number of hydrogen-bond donors (Lipinski definition) is 1. The van der Waals surface area contributed by atoms with Gasteiger partial charge in [-0.3, -0.25) is 0 Å². The van der Waals surface area contributed by atoms with Crippen LogP contribution < -0.4 is 0 Å². The highest BCUT2D eigenvalue weighted by molar-refractivity contribution is 7.88. The van der Waals surface area contributed by atoms with E-state index < -0.39 is 22.0 Å². The van der Waals surface area contributed by atoms with Crippen LogP contribution in [0.4, 0.5) is 4.79 Å². The summed E-state index contributed by atoms with van der Waals surface area (Å²) in [7, 11) is -1.79. The van der Waals surface area contributed by atoms with Crippen LogP contribution in [0.2, 0.25) is 0 Å². The van der Waals surface area contributed by atoms with Gasteiger partial charge in [-0.1, -0.05) is 6.92 Å². The van der Waals surface area contributed by atoms with Crippen LogP contribution in [0.5, 0.6) is 0 Å². The Kier molecular flexibility index (Phi) is 5.35. The summed E-state index contributed by atoms with van der Waals surface area (Å²) in [5, 5.41) is 9.04. The molecule has 0 aromatic carbocycles. The number of hydrogen-bond acceptors (Lipinski definition) is 4. The normalized spacial score (nSPS) is 18.6. The summed E-state index contributed by atoms with van der Waals surface area (Å²) >= 11 is 0. The first kappa shape index (κ1) is 16.7. The number of piperazine rings is 1. The number of aliphatic carboxylic acids is 1. The number of rotatable bonds is 4. The molecule has 0 aromatic rings. The summed E-state index contributed by atoms with van der Waals surface area (Å²) in [5.74, 6) is -1.04. The molecule has 2 amide bonds. The molecule has 1 unspecified atom stereocenters. The van der Waals surface area contributed by atoms with Crippen LogP contribution in [0.25, 0.3) is 0 Å². The zero-order valence-corrected chi connectivity index (χ0v) is 12.8. The van der Waals surface area contributed by atoms with E-state index in [1.54, 1.807) is 6.92 Å². The second kappa shape index (κ2) is 6.40. The lowest BCUT2D eigenvalue weighted by Gasteiger charge is -2.36. The Labute approximate surface area is 119 Å². The largest absolute Gasteiger partial charge is 0.480 e. The fourth-order valence-corrected chi connectivity index (χ4v) is 3.01. The average Bonchev–Trinajstić information content (AvgIpc) is 2.37. The van der Waals surface area contributed by atoms with E-state index in [0.717, 1.165) is 6.26 Å². The summed E-state index contributed by atoms with van der Waals surface area (Å²) in [6, 6.07) is -1.25. The lowest BCUT2D eigenvalue weighted by Crippen LogP contribution is -2.55. The van der Waals surface area contributed by atoms with Crippen molar-refractivity contribution in [1.29, 1.82) is 0 Å². The standard InChI is InChI=1S/C11H21N3O5S/c1-4-9(10(15)16)12(2)11(17)13-5-7-14(8-6-13)20(3,18)19/h9H,4-8H2,1-3H3,(H,15,16). The highest BCUT2D eigenvalue weighted by Gasteiger charge is 2.31. The van der Waals surface area contributed by atoms with Gasteiger partial charge >= 0.3 is 12.0 Å². The summed E-state index contributed by atoms with van der Waals surface area (Å²) < 4.78 is 24.1. The van der Waals surface area contributed by atoms with E-state index in [2.05, 4.69) is 0 Å². The van der Waals surface area contributed by atoms with Crippen LogP contribution in [-0.2, 0) is 14.8 Å². The lowest BCUT2D eigenvalue weighted by molar-refractivity contribution is -0.142. The molecule has 1 heterocycles. The summed E-state index contributed by atoms with van der Waals surface area (Å²) in [6.45, 7) is 2.72. The van der Waals surface area contributed by atoms with Crippen molar-refractivity contribution in [3.05, 3.63) is 0 Å². The highest BCUT2D eigenvalue weighted by atomic mass is 32.2. The van der Waals surface area contributed by atoms with Gasteiger partial charge in [0.1, 0.15) is 6.04 Å². The van der Waals surface area contributed by atoms with E-state index in [0.29, 0.717) is 6.42 Å². The van der Waals surface area contributed by atoms with E-state index in [4.69, 9.17) is 5.11 Å². The summed E-state index contributed by atoms with van der Waals surface area (Å²) in [4.78, 5) is 25.9. The van der Waals surface area contributed by atoms with Crippen molar-refractivity contribution < 1.29 is 23.1 Å². The number of sulfonamides is 1. The van der Waals surface area contributed by atoms with Gasteiger partial charge < -0.3 is 14.9 Å². The Bertz CT molecular complexity index is 470. The fourth-order valence-electron chi connectivity index (χ4n) is 2.18. The molecule has 8 nitrogen and oxygen atoms in total. The minimum Gasteiger partial charge on any atom is -0.480 e. The average molecular weight is 307 g/mol. The van der Waals surface area contributed by atoms with Crippen molar-refractivity contribution in [3.8, 4) is 0 Å². The summed E-state index contributed by atoms with van der Waals surface area (Å²) in [6.07, 6.45) is 1.45. The maximum atomic E-state index is 12.2. The zero-order valence-electron chi connectivity index (χ0n) is 11.9. The molecule has 0 aliphatic carbocycles. The van der Waals surface area contributed by atoms with Gasteiger partial charge in [-0.05, 0) is 6.42 Å². The van der Waals surface area contributed by atoms with E-state index in [9.17, 15) is 18.0 Å². The second-order valence-electron chi connectivity index (χ2n) is 4.80. The third kappa shape index (κ3) is 3.83. The van der Waals surface area contributed by atoms with E-state index >= 15 is 0 Å². The number of likely N-dealkylation sites (N-methyl/N-ethyl adjacent to an activating group) is 1. The maximum absolute atomic E-state index is 12.2. The first-order valence-corrected chi connectivity index (χ1v) is 8.23. The predicted molar refractivity (Wildman–Crippen MR) is 72.9 cm³/mol. The molecule has 1 atom stereocenters. The molecule has 1 rings (SSSR count). The van der Waals surface area contributed by atoms with Crippen molar-refractivity contribution in [2.24, 2.45) is 0 Å². The van der Waals surface area contributed by atoms with Crippen LogP contribution in [0.1, 0.15) is 13.3 Å². The molecule has 9 heteroatoms. The molecule has 0 spiro atoms. The lowest BCUT2D eigenvalue weighted by atomic mass is 10.2. The SMILES string of the molecule is CCC(C(=O)O)N(C)C(=O)N1CCN(S(C)(=O)=O)CC1. The smallest absolute Gasteiger partial charge is 0.326 e. The Morgan fingerprint density at radius 3 is 2.10 bits per heavy atom. The Balaban J connectivity index is 2.65. The number of urea groups is 1. The molecule has 0 aromatic heterocycles. The summed E-state index contributed by atoms with van der Waals surface area (Å²) in [5.41, 5.74) is 0. The minimum atomic E-state index is -3.24. The van der Waals surface area contributed by atoms with E-state index in [1.807, 2.05) is 0 Å². The highest BCUT2D eigenvalue weighted by Crippen LogP contribution is 2.11. The third-order valence-corrected chi connectivity index (χ3v) is 4.72. The van der Waals surface area contributed by atoms with Gasteiger partial charge in [0, 0.05) is 33.2 Å². The van der Waals surface area contributed by atoms with E-state index in [-0.39, 0.29) is 32.2 Å². The first-order chi connectivity index (χ1) is 9.18. The number of carbonyl (C=O) groups is 2. The first-order valence-electron chi connectivity index (χ1n) is 6.38. The van der Waals surface area contributed by atoms with Crippen LogP contribution in [-0.4, -0.2) is 85.2 Å². The van der Waals surface area contributed by atoms with Crippen LogP contribution >= 0.6 is 0 Å². The third-order valence-electron chi connectivity index (χ3n) is 3.42. The molecule has 0 radical (unpaired) electrons. The van der Waals surface area contributed by atoms with Crippen molar-refractivity contribution in [1.82, 2.24) is 14.1 Å². The number of carboxylic acid groups (broad SMARTS) is 1. The van der Waals surface area contributed by atoms with Gasteiger partial charge in [-0.25, -0.2) is 18.0 Å². The van der Waals surface area contributed by atoms with Gasteiger partial charge in [0.2, 0.25) is 10.0 Å². The van der Waals surface area contributed by atoms with Crippen molar-refractivity contribution in [2.45, 2.75) is 19.4 Å². The van der Waals surface area contributed by atoms with Crippen molar-refractivity contribution >= 4 is 22.0 Å². The molecule has 1 aliphatic heterocycles. The van der Waals surface area contributed by atoms with Gasteiger partial charge in [0.05, 0.1) is 6.26 Å². The van der Waals surface area contributed by atoms with Gasteiger partial charge in [-0.2, -0.15) is 4.31 Å². The Morgan fingerprint density at radius 2 is 1.75 bits per heavy atom. The van der Waals surface area contributed by atoms with E-state index in [1.165, 1.54) is 21.2 Å². The Hall–Kier alpha value is -1.35. The molecule has 1 saturated heterocycles. The van der Waals surface area contributed by atoms with Crippen LogP contribution in [0.15, 0.2) is 0 Å². The van der Waals surface area contributed by atoms with Crippen molar-refractivity contribution in [2.75, 3.05) is 39.5 Å². The molecular weight excluding hydrogens is 286 g/mol. The molecule has 116 valence electrons. The molecular formula is C11H21N3O5S. The van der Waals surface area contributed by atoms with Gasteiger partial charge in [0.15, 0.2) is 0 Å². The fraction of sp³-hybridized carbons (Fsp3) is 0.818. The molecule has 0 bridgehead atoms. The molecule has 0 saturated carbocycles. The number of nitrogens with zero attached hydrogens (tertiary/aromatic N) is 3. The van der Waals surface area contributed by atoms with Gasteiger partial charge in [0.25, 0.3) is 0 Å². The predicted octanol–water partition coefficient (Wildman–Crippen LogP) is -0.521. The number of carboxylic acids is 1. The molecule has 1 fully saturated rings. The Morgan fingerprint density at radius 1 is 1.25 bits per heavy atom. The van der Waals surface area contributed by atoms with Crippen molar-refractivity contribution in [3.63, 3.8) is 0 Å². The van der Waals surface area contributed by atoms with Gasteiger partial charge in [-0.15, -0.1) is 0 Å². The molecule has 1 aliphatic rings. The zero-order chi connectivity index (χ0) is 15.5. The minimum absolute atomic E-state index is 0.238. The maximum Gasteiger partial charge on any atom is 0.326 e. The number of carbonyl (C=O) groups excluding carboxylic acids is 1. The second-order valence-corrected chi connectivity index (χ2v) is 6.79. The monoisotopic (exact) mass is 307 g/mol. The number of amides is 2. The van der Waals surface area contributed by atoms with Crippen LogP contribution in [0, 0.1) is 0 Å².